The Morgan fingerprint density at radius 1 is 1.27 bits per heavy atom. The molecule has 0 amide bonds. The average molecular weight is 207 g/mol. The summed E-state index contributed by atoms with van der Waals surface area (Å²) in [6.45, 7) is 5.60. The lowest BCUT2D eigenvalue weighted by molar-refractivity contribution is 0.303. The first kappa shape index (κ1) is 12.1. The van der Waals surface area contributed by atoms with Crippen molar-refractivity contribution in [3.05, 3.63) is 29.3 Å². The lowest BCUT2D eigenvalue weighted by atomic mass is 10.1. The fraction of sp³-hybridized carbons (Fsp3) is 0.538. The zero-order chi connectivity index (χ0) is 11.1. The molecule has 84 valence electrons. The molecule has 0 saturated heterocycles. The molecular formula is C13H21NO. The molecule has 2 nitrogen and oxygen atoms in total. The quantitative estimate of drug-likeness (QED) is 0.728. The molecule has 0 bridgehead atoms. The summed E-state index contributed by atoms with van der Waals surface area (Å²) in [5, 5.41) is 0. The lowest BCUT2D eigenvalue weighted by Gasteiger charge is -2.10. The van der Waals surface area contributed by atoms with Crippen molar-refractivity contribution in [2.75, 3.05) is 6.61 Å². The second-order valence-corrected chi connectivity index (χ2v) is 3.87. The second kappa shape index (κ2) is 6.46. The van der Waals surface area contributed by atoms with Crippen molar-refractivity contribution in [2.45, 2.75) is 39.7 Å². The van der Waals surface area contributed by atoms with Gasteiger partial charge in [0.05, 0.1) is 6.61 Å². The van der Waals surface area contributed by atoms with Crippen molar-refractivity contribution >= 4 is 0 Å². The predicted molar refractivity (Wildman–Crippen MR) is 64.1 cm³/mol. The summed E-state index contributed by atoms with van der Waals surface area (Å²) >= 11 is 0. The zero-order valence-corrected chi connectivity index (χ0v) is 9.75. The summed E-state index contributed by atoms with van der Waals surface area (Å²) in [7, 11) is 0. The van der Waals surface area contributed by atoms with Crippen molar-refractivity contribution in [1.82, 2.24) is 0 Å². The Bertz CT molecular complexity index is 297. The van der Waals surface area contributed by atoms with Crippen LogP contribution >= 0.6 is 0 Å². The molecule has 0 aliphatic carbocycles. The van der Waals surface area contributed by atoms with Crippen LogP contribution in [0, 0.1) is 6.92 Å². The molecular weight excluding hydrogens is 186 g/mol. The molecule has 0 heterocycles. The van der Waals surface area contributed by atoms with Crippen LogP contribution in [0.1, 0.15) is 37.3 Å². The normalized spacial score (nSPS) is 10.3. The molecule has 0 fully saturated rings. The number of aryl methyl sites for hydroxylation is 1. The van der Waals surface area contributed by atoms with Crippen molar-refractivity contribution in [3.63, 3.8) is 0 Å². The third-order valence-corrected chi connectivity index (χ3v) is 2.44. The Morgan fingerprint density at radius 2 is 2.07 bits per heavy atom. The molecule has 1 aromatic carbocycles. The maximum absolute atomic E-state index is 5.71. The lowest BCUT2D eigenvalue weighted by Crippen LogP contribution is -2.04. The van der Waals surface area contributed by atoms with Gasteiger partial charge >= 0.3 is 0 Å². The zero-order valence-electron chi connectivity index (χ0n) is 9.75. The standard InChI is InChI=1S/C13H21NO/c1-3-4-5-8-15-13-7-6-11(2)9-12(13)10-14/h6-7,9H,3-5,8,10,14H2,1-2H3. The molecule has 0 radical (unpaired) electrons. The third kappa shape index (κ3) is 3.92. The summed E-state index contributed by atoms with van der Waals surface area (Å²) in [5.41, 5.74) is 8.01. The van der Waals surface area contributed by atoms with E-state index < -0.39 is 0 Å². The summed E-state index contributed by atoms with van der Waals surface area (Å²) in [5.74, 6) is 0.944. The van der Waals surface area contributed by atoms with E-state index in [1.54, 1.807) is 0 Å². The van der Waals surface area contributed by atoms with E-state index in [2.05, 4.69) is 26.0 Å². The third-order valence-electron chi connectivity index (χ3n) is 2.44. The van der Waals surface area contributed by atoms with E-state index in [4.69, 9.17) is 10.5 Å². The van der Waals surface area contributed by atoms with Gasteiger partial charge in [-0.2, -0.15) is 0 Å². The molecule has 2 N–H and O–H groups in total. The first-order valence-corrected chi connectivity index (χ1v) is 5.70. The molecule has 1 aromatic rings. The van der Waals surface area contributed by atoms with Crippen LogP contribution < -0.4 is 10.5 Å². The van der Waals surface area contributed by atoms with Crippen LogP contribution in [0.15, 0.2) is 18.2 Å². The number of ether oxygens (including phenoxy) is 1. The van der Waals surface area contributed by atoms with Gasteiger partial charge in [-0.05, 0) is 19.4 Å². The van der Waals surface area contributed by atoms with Gasteiger partial charge in [0, 0.05) is 12.1 Å². The van der Waals surface area contributed by atoms with E-state index in [0.717, 1.165) is 24.3 Å². The minimum Gasteiger partial charge on any atom is -0.493 e. The van der Waals surface area contributed by atoms with Gasteiger partial charge < -0.3 is 10.5 Å². The monoisotopic (exact) mass is 207 g/mol. The van der Waals surface area contributed by atoms with Gasteiger partial charge in [-0.15, -0.1) is 0 Å². The largest absolute Gasteiger partial charge is 0.493 e. The van der Waals surface area contributed by atoms with E-state index in [1.807, 2.05) is 6.07 Å². The average Bonchev–Trinajstić information content (AvgIpc) is 2.26. The van der Waals surface area contributed by atoms with Gasteiger partial charge in [0.1, 0.15) is 5.75 Å². The summed E-state index contributed by atoms with van der Waals surface area (Å²) in [6.07, 6.45) is 3.57. The minimum atomic E-state index is 0.546. The maximum atomic E-state index is 5.71. The number of rotatable bonds is 6. The number of nitrogens with two attached hydrogens (primary N) is 1. The Balaban J connectivity index is 2.52. The van der Waals surface area contributed by atoms with Crippen molar-refractivity contribution < 1.29 is 4.74 Å². The number of hydrogen-bond acceptors (Lipinski definition) is 2. The topological polar surface area (TPSA) is 35.2 Å². The Labute approximate surface area is 92.4 Å². The van der Waals surface area contributed by atoms with E-state index in [-0.39, 0.29) is 0 Å². The molecule has 0 spiro atoms. The number of unbranched alkanes of at least 4 members (excludes halogenated alkanes) is 2. The maximum Gasteiger partial charge on any atom is 0.123 e. The Morgan fingerprint density at radius 3 is 2.73 bits per heavy atom. The molecule has 15 heavy (non-hydrogen) atoms. The van der Waals surface area contributed by atoms with Gasteiger partial charge in [-0.1, -0.05) is 37.5 Å². The molecule has 0 aliphatic rings. The SMILES string of the molecule is CCCCCOc1ccc(C)cc1CN. The van der Waals surface area contributed by atoms with Crippen LogP contribution in [0.5, 0.6) is 5.75 Å². The van der Waals surface area contributed by atoms with Gasteiger partial charge in [-0.3, -0.25) is 0 Å². The molecule has 0 aliphatic heterocycles. The highest BCUT2D eigenvalue weighted by Gasteiger charge is 2.01. The summed E-state index contributed by atoms with van der Waals surface area (Å²) in [6, 6.07) is 6.17. The predicted octanol–water partition coefficient (Wildman–Crippen LogP) is 3.02. The van der Waals surface area contributed by atoms with Crippen LogP contribution in [0.25, 0.3) is 0 Å². The summed E-state index contributed by atoms with van der Waals surface area (Å²) in [4.78, 5) is 0. The van der Waals surface area contributed by atoms with Gasteiger partial charge in [0.25, 0.3) is 0 Å². The molecule has 1 rings (SSSR count). The van der Waals surface area contributed by atoms with Crippen LogP contribution in [0.3, 0.4) is 0 Å². The highest BCUT2D eigenvalue weighted by Crippen LogP contribution is 2.19. The molecule has 0 saturated carbocycles. The highest BCUT2D eigenvalue weighted by molar-refractivity contribution is 5.36. The van der Waals surface area contributed by atoms with Crippen molar-refractivity contribution in [2.24, 2.45) is 5.73 Å². The molecule has 0 aromatic heterocycles. The van der Waals surface area contributed by atoms with Crippen molar-refractivity contribution in [3.8, 4) is 5.75 Å². The van der Waals surface area contributed by atoms with E-state index >= 15 is 0 Å². The van der Waals surface area contributed by atoms with Crippen LogP contribution in [0.2, 0.25) is 0 Å². The first-order valence-electron chi connectivity index (χ1n) is 5.70. The fourth-order valence-electron chi connectivity index (χ4n) is 1.54. The first-order chi connectivity index (χ1) is 7.27. The Kier molecular flexibility index (Phi) is 5.19. The van der Waals surface area contributed by atoms with Gasteiger partial charge in [-0.25, -0.2) is 0 Å². The minimum absolute atomic E-state index is 0.546. The number of benzene rings is 1. The van der Waals surface area contributed by atoms with Gasteiger partial charge in [0.2, 0.25) is 0 Å². The smallest absolute Gasteiger partial charge is 0.123 e. The van der Waals surface area contributed by atoms with E-state index in [0.29, 0.717) is 6.54 Å². The molecule has 0 atom stereocenters. The van der Waals surface area contributed by atoms with Crippen LogP contribution in [-0.4, -0.2) is 6.61 Å². The van der Waals surface area contributed by atoms with E-state index in [9.17, 15) is 0 Å². The Hall–Kier alpha value is -1.02. The van der Waals surface area contributed by atoms with Crippen LogP contribution in [-0.2, 0) is 6.54 Å². The van der Waals surface area contributed by atoms with Crippen LogP contribution in [0.4, 0.5) is 0 Å². The van der Waals surface area contributed by atoms with Crippen molar-refractivity contribution in [1.29, 1.82) is 0 Å². The highest BCUT2D eigenvalue weighted by atomic mass is 16.5. The molecule has 2 heteroatoms. The van der Waals surface area contributed by atoms with E-state index in [1.165, 1.54) is 18.4 Å². The summed E-state index contributed by atoms with van der Waals surface area (Å²) < 4.78 is 5.71. The number of hydrogen-bond donors (Lipinski definition) is 1. The second-order valence-electron chi connectivity index (χ2n) is 3.87. The molecule has 0 unspecified atom stereocenters. The fourth-order valence-corrected chi connectivity index (χ4v) is 1.54. The van der Waals surface area contributed by atoms with Gasteiger partial charge in [0.15, 0.2) is 0 Å².